The van der Waals surface area contributed by atoms with Gasteiger partial charge in [0.2, 0.25) is 0 Å². The first kappa shape index (κ1) is 16.2. The molecule has 3 heteroatoms. The Morgan fingerprint density at radius 2 is 1.88 bits per heavy atom. The van der Waals surface area contributed by atoms with E-state index in [0.717, 1.165) is 24.8 Å². The predicted molar refractivity (Wildman–Crippen MR) is 75.6 cm³/mol. The van der Waals surface area contributed by atoms with Crippen LogP contribution in [0.25, 0.3) is 0 Å². The predicted octanol–water partition coefficient (Wildman–Crippen LogP) is 4.02. The Morgan fingerprint density at radius 1 is 1.24 bits per heavy atom. The van der Waals surface area contributed by atoms with Gasteiger partial charge in [-0.25, -0.2) is 8.42 Å². The zero-order valence-corrected chi connectivity index (χ0v) is 12.0. The highest BCUT2D eigenvalue weighted by Gasteiger charge is 2.15. The zero-order valence-electron chi connectivity index (χ0n) is 11.2. The number of unbranched alkanes of at least 4 members (excludes halogenated alkanes) is 2. The Balaban J connectivity index is 4.94. The van der Waals surface area contributed by atoms with Gasteiger partial charge in [-0.15, -0.1) is 0 Å². The Morgan fingerprint density at radius 3 is 2.35 bits per heavy atom. The Bertz CT molecular complexity index is 386. The first-order valence-corrected chi connectivity index (χ1v) is 7.87. The monoisotopic (exact) mass is 256 g/mol. The SMILES string of the molecule is C=C/C(=C(C)\C=C/CCCC)S(=O)(=O)CCC. The van der Waals surface area contributed by atoms with Crippen LogP contribution >= 0.6 is 0 Å². The molecule has 0 aromatic rings. The largest absolute Gasteiger partial charge is 0.224 e. The van der Waals surface area contributed by atoms with Crippen molar-refractivity contribution in [3.05, 3.63) is 35.3 Å². The maximum absolute atomic E-state index is 11.9. The van der Waals surface area contributed by atoms with E-state index in [-0.39, 0.29) is 5.75 Å². The molecule has 0 fully saturated rings. The third-order valence-electron chi connectivity index (χ3n) is 2.47. The summed E-state index contributed by atoms with van der Waals surface area (Å²) in [6.45, 7) is 9.43. The van der Waals surface area contributed by atoms with E-state index < -0.39 is 9.84 Å². The van der Waals surface area contributed by atoms with Crippen LogP contribution in [0.15, 0.2) is 35.3 Å². The molecule has 0 aliphatic heterocycles. The molecule has 0 aliphatic rings. The summed E-state index contributed by atoms with van der Waals surface area (Å²) in [7, 11) is -3.15. The summed E-state index contributed by atoms with van der Waals surface area (Å²) in [4.78, 5) is 0.368. The molecule has 0 atom stereocenters. The molecule has 0 bridgehead atoms. The van der Waals surface area contributed by atoms with Crippen LogP contribution in [0, 0.1) is 0 Å². The molecule has 2 nitrogen and oxygen atoms in total. The second-order valence-electron chi connectivity index (χ2n) is 4.11. The summed E-state index contributed by atoms with van der Waals surface area (Å²) < 4.78 is 23.9. The van der Waals surface area contributed by atoms with Crippen LogP contribution in [0.5, 0.6) is 0 Å². The van der Waals surface area contributed by atoms with Crippen LogP contribution in [-0.4, -0.2) is 14.2 Å². The van der Waals surface area contributed by atoms with Crippen molar-refractivity contribution < 1.29 is 8.42 Å². The van der Waals surface area contributed by atoms with E-state index in [1.54, 1.807) is 0 Å². The summed E-state index contributed by atoms with van der Waals surface area (Å²) in [5.74, 6) is 0.189. The van der Waals surface area contributed by atoms with E-state index in [9.17, 15) is 8.42 Å². The molecule has 0 aromatic heterocycles. The van der Waals surface area contributed by atoms with Crippen LogP contribution in [0.2, 0.25) is 0 Å². The molecule has 0 aromatic carbocycles. The fourth-order valence-corrected chi connectivity index (χ4v) is 3.15. The first-order chi connectivity index (χ1) is 7.99. The molecule has 0 saturated heterocycles. The van der Waals surface area contributed by atoms with Gasteiger partial charge in [0, 0.05) is 0 Å². The lowest BCUT2D eigenvalue weighted by Gasteiger charge is -2.06. The van der Waals surface area contributed by atoms with Crippen molar-refractivity contribution >= 4 is 9.84 Å². The lowest BCUT2D eigenvalue weighted by molar-refractivity contribution is 0.601. The summed E-state index contributed by atoms with van der Waals surface area (Å²) in [5, 5.41) is 0. The van der Waals surface area contributed by atoms with Crippen molar-refractivity contribution in [3.8, 4) is 0 Å². The van der Waals surface area contributed by atoms with Gasteiger partial charge in [0.1, 0.15) is 0 Å². The van der Waals surface area contributed by atoms with Gasteiger partial charge in [0.05, 0.1) is 10.7 Å². The lowest BCUT2D eigenvalue weighted by atomic mass is 10.2. The number of sulfone groups is 1. The standard InChI is InChI=1S/C14H24O2S/c1-5-8-9-10-11-13(4)14(7-3)17(15,16)12-6-2/h7,10-11H,3,5-6,8-9,12H2,1-2,4H3/b11-10-,14-13+. The highest BCUT2D eigenvalue weighted by atomic mass is 32.2. The molecular formula is C14H24O2S. The van der Waals surface area contributed by atoms with Crippen LogP contribution in [0.3, 0.4) is 0 Å². The van der Waals surface area contributed by atoms with E-state index in [4.69, 9.17) is 0 Å². The Labute approximate surface area is 106 Å². The fraction of sp³-hybridized carbons (Fsp3) is 0.571. The molecular weight excluding hydrogens is 232 g/mol. The minimum absolute atomic E-state index is 0.189. The average Bonchev–Trinajstić information content (AvgIpc) is 2.24. The van der Waals surface area contributed by atoms with Gasteiger partial charge >= 0.3 is 0 Å². The van der Waals surface area contributed by atoms with Gasteiger partial charge in [0.15, 0.2) is 9.84 Å². The lowest BCUT2D eigenvalue weighted by Crippen LogP contribution is -2.08. The highest BCUT2D eigenvalue weighted by Crippen LogP contribution is 2.16. The Hall–Kier alpha value is -0.830. The van der Waals surface area contributed by atoms with Gasteiger partial charge < -0.3 is 0 Å². The molecule has 0 N–H and O–H groups in total. The van der Waals surface area contributed by atoms with Crippen molar-refractivity contribution in [3.63, 3.8) is 0 Å². The molecule has 0 spiro atoms. The number of hydrogen-bond donors (Lipinski definition) is 0. The third kappa shape index (κ3) is 5.87. The van der Waals surface area contributed by atoms with Crippen LogP contribution < -0.4 is 0 Å². The van der Waals surface area contributed by atoms with E-state index >= 15 is 0 Å². The summed E-state index contributed by atoms with van der Waals surface area (Å²) in [5.41, 5.74) is 0.782. The van der Waals surface area contributed by atoms with Gasteiger partial charge in [0.25, 0.3) is 0 Å². The smallest absolute Gasteiger partial charge is 0.178 e. The fourth-order valence-electron chi connectivity index (χ4n) is 1.58. The number of hydrogen-bond acceptors (Lipinski definition) is 2. The van der Waals surface area contributed by atoms with Crippen LogP contribution in [-0.2, 0) is 9.84 Å². The van der Waals surface area contributed by atoms with Gasteiger partial charge in [-0.3, -0.25) is 0 Å². The van der Waals surface area contributed by atoms with Crippen molar-refractivity contribution in [1.82, 2.24) is 0 Å². The van der Waals surface area contributed by atoms with E-state index in [2.05, 4.69) is 13.5 Å². The van der Waals surface area contributed by atoms with E-state index in [1.165, 1.54) is 6.08 Å². The molecule has 0 saturated carbocycles. The minimum atomic E-state index is -3.15. The molecule has 0 heterocycles. The van der Waals surface area contributed by atoms with Gasteiger partial charge in [-0.05, 0) is 25.3 Å². The van der Waals surface area contributed by atoms with Crippen molar-refractivity contribution in [2.75, 3.05) is 5.75 Å². The van der Waals surface area contributed by atoms with E-state index in [1.807, 2.05) is 26.0 Å². The quantitative estimate of drug-likeness (QED) is 0.485. The molecule has 98 valence electrons. The third-order valence-corrected chi connectivity index (χ3v) is 4.58. The summed E-state index contributed by atoms with van der Waals surface area (Å²) in [6, 6.07) is 0. The molecule has 0 unspecified atom stereocenters. The zero-order chi connectivity index (χ0) is 13.3. The second kappa shape index (κ2) is 8.29. The first-order valence-electron chi connectivity index (χ1n) is 6.22. The number of rotatable bonds is 8. The topological polar surface area (TPSA) is 34.1 Å². The molecule has 0 amide bonds. The molecule has 0 rings (SSSR count). The van der Waals surface area contributed by atoms with Gasteiger partial charge in [-0.1, -0.05) is 51.5 Å². The van der Waals surface area contributed by atoms with Gasteiger partial charge in [-0.2, -0.15) is 0 Å². The van der Waals surface area contributed by atoms with Crippen LogP contribution in [0.1, 0.15) is 46.5 Å². The van der Waals surface area contributed by atoms with Crippen molar-refractivity contribution in [2.24, 2.45) is 0 Å². The number of allylic oxidation sites excluding steroid dienone is 4. The average molecular weight is 256 g/mol. The normalized spacial score (nSPS) is 13.8. The molecule has 0 radical (unpaired) electrons. The van der Waals surface area contributed by atoms with E-state index in [0.29, 0.717) is 11.3 Å². The highest BCUT2D eigenvalue weighted by molar-refractivity contribution is 7.95. The molecule has 0 aliphatic carbocycles. The maximum atomic E-state index is 11.9. The Kier molecular flexibility index (Phi) is 7.88. The van der Waals surface area contributed by atoms with Crippen molar-refractivity contribution in [1.29, 1.82) is 0 Å². The summed E-state index contributed by atoms with van der Waals surface area (Å²) in [6.07, 6.45) is 9.28. The second-order valence-corrected chi connectivity index (χ2v) is 6.19. The van der Waals surface area contributed by atoms with Crippen LogP contribution in [0.4, 0.5) is 0 Å². The maximum Gasteiger partial charge on any atom is 0.178 e. The van der Waals surface area contributed by atoms with Crippen molar-refractivity contribution in [2.45, 2.75) is 46.5 Å². The minimum Gasteiger partial charge on any atom is -0.224 e. The summed E-state index contributed by atoms with van der Waals surface area (Å²) >= 11 is 0. The molecule has 17 heavy (non-hydrogen) atoms.